The summed E-state index contributed by atoms with van der Waals surface area (Å²) >= 11 is 0. The maximum Gasteiger partial charge on any atom is 0.309 e. The molecule has 3 saturated heterocycles. The first-order valence-electron chi connectivity index (χ1n) is 23.6. The van der Waals surface area contributed by atoms with Gasteiger partial charge in [0.05, 0.1) is 49.1 Å². The number of ketones is 1. The molecule has 0 radical (unpaired) electrons. The van der Waals surface area contributed by atoms with Crippen molar-refractivity contribution in [2.75, 3.05) is 34.9 Å². The van der Waals surface area contributed by atoms with Gasteiger partial charge in [-0.25, -0.2) is 0 Å². The topological polar surface area (TPSA) is 245 Å². The van der Waals surface area contributed by atoms with Crippen LogP contribution in [0.25, 0.3) is 0 Å². The molecule has 4 N–H and O–H groups in total. The second kappa shape index (κ2) is 25.4. The Morgan fingerprint density at radius 1 is 0.896 bits per heavy atom. The van der Waals surface area contributed by atoms with Gasteiger partial charge in [-0.05, 0) is 73.5 Å². The van der Waals surface area contributed by atoms with Crippen molar-refractivity contribution in [1.29, 1.82) is 0 Å². The molecule has 21 atom stereocenters. The Hall–Kier alpha value is -2.76. The first-order chi connectivity index (χ1) is 31.5. The minimum absolute atomic E-state index is 0.0309. The molecule has 384 valence electrons. The summed E-state index contributed by atoms with van der Waals surface area (Å²) in [6.45, 7) is 14.8. The molecule has 0 saturated carbocycles. The lowest BCUT2D eigenvalue weighted by atomic mass is 9.79. The van der Waals surface area contributed by atoms with Crippen LogP contribution in [0.1, 0.15) is 94.4 Å². The molecule has 4 heterocycles. The fourth-order valence-corrected chi connectivity index (χ4v) is 9.86. The van der Waals surface area contributed by atoms with Crippen LogP contribution in [-0.2, 0) is 66.5 Å². The predicted molar refractivity (Wildman–Crippen MR) is 240 cm³/mol. The molecule has 67 heavy (non-hydrogen) atoms. The van der Waals surface area contributed by atoms with Gasteiger partial charge in [-0.1, -0.05) is 38.5 Å². The van der Waals surface area contributed by atoms with Crippen LogP contribution in [0.15, 0.2) is 23.8 Å². The summed E-state index contributed by atoms with van der Waals surface area (Å²) in [4.78, 5) is 54.9. The highest BCUT2D eigenvalue weighted by Gasteiger charge is 2.52. The van der Waals surface area contributed by atoms with Crippen LogP contribution in [0.3, 0.4) is 0 Å². The Balaban J connectivity index is 1.69. The molecule has 19 heteroatoms. The van der Waals surface area contributed by atoms with E-state index in [0.717, 1.165) is 0 Å². The van der Waals surface area contributed by atoms with E-state index in [-0.39, 0.29) is 31.7 Å². The van der Waals surface area contributed by atoms with Crippen molar-refractivity contribution < 1.29 is 87.0 Å². The number of cyclic esters (lactones) is 1. The van der Waals surface area contributed by atoms with E-state index < -0.39 is 146 Å². The van der Waals surface area contributed by atoms with Crippen molar-refractivity contribution >= 4 is 24.0 Å². The number of hydrogen-bond donors (Lipinski definition) is 4. The number of esters is 2. The lowest BCUT2D eigenvalue weighted by Gasteiger charge is -2.50. The Labute approximate surface area is 395 Å². The molecule has 0 amide bonds. The molecule has 0 bridgehead atoms. The van der Waals surface area contributed by atoms with Crippen molar-refractivity contribution in [1.82, 2.24) is 4.90 Å². The van der Waals surface area contributed by atoms with E-state index in [0.29, 0.717) is 18.3 Å². The van der Waals surface area contributed by atoms with Crippen LogP contribution >= 0.6 is 0 Å². The Bertz CT molecular complexity index is 1670. The zero-order chi connectivity index (χ0) is 50.1. The molecule has 0 aromatic carbocycles. The van der Waals surface area contributed by atoms with Gasteiger partial charge in [0, 0.05) is 51.7 Å². The van der Waals surface area contributed by atoms with Crippen LogP contribution in [0.4, 0.5) is 0 Å². The van der Waals surface area contributed by atoms with Gasteiger partial charge < -0.3 is 77.5 Å². The molecule has 0 aromatic heterocycles. The monoisotopic (exact) mass is 958 g/mol. The largest absolute Gasteiger partial charge is 0.462 e. The standard InChI is InChI=1S/C48H79NO18/c1-14-34-32(23-60-47-44(59-13)43(58-12)39(54)27(5)62-47)19-24(2)15-16-33(52)25(3)20-31(17-18-50)41(26(4)35(64-30(8)51)21-36(53)65-34)67-46-40(55)38(49(10)11)42(28(6)63-46)66-37-22-48(9,57)45(56)29(7)61-37/h15-16,18-19,25-29,31-32,34-35,37-47,54-57H,14,17,20-23H2,1-13H3/b16-15-,24-19+/t25-,26-,27-,28-,29+,31-,32+,34+,35+,37-,38-,39-,40-,41-,42-,43+,44-,45+,46-,47-,48-/m1/s1. The summed E-state index contributed by atoms with van der Waals surface area (Å²) in [6.07, 6.45) is -8.72. The summed E-state index contributed by atoms with van der Waals surface area (Å²) in [6, 6.07) is -0.777. The quantitative estimate of drug-likeness (QED) is 0.144. The smallest absolute Gasteiger partial charge is 0.309 e. The zero-order valence-corrected chi connectivity index (χ0v) is 41.6. The second-order valence-corrected chi connectivity index (χ2v) is 19.3. The van der Waals surface area contributed by atoms with Gasteiger partial charge in [0.25, 0.3) is 0 Å². The van der Waals surface area contributed by atoms with Crippen LogP contribution < -0.4 is 0 Å². The van der Waals surface area contributed by atoms with Crippen molar-refractivity contribution in [3.63, 3.8) is 0 Å². The summed E-state index contributed by atoms with van der Waals surface area (Å²) in [5, 5.41) is 44.2. The fraction of sp³-hybridized carbons (Fsp3) is 0.833. The number of methoxy groups -OCH3 is 2. The van der Waals surface area contributed by atoms with Crippen LogP contribution in [0, 0.1) is 23.7 Å². The van der Waals surface area contributed by atoms with E-state index in [2.05, 4.69) is 0 Å². The maximum atomic E-state index is 14.1. The summed E-state index contributed by atoms with van der Waals surface area (Å²) < 4.78 is 60.9. The number of aliphatic hydroxyl groups is 4. The average Bonchev–Trinajstić information content (AvgIpc) is 3.25. The minimum Gasteiger partial charge on any atom is -0.462 e. The van der Waals surface area contributed by atoms with Gasteiger partial charge in [-0.3, -0.25) is 14.4 Å². The van der Waals surface area contributed by atoms with Gasteiger partial charge in [0.1, 0.15) is 55.1 Å². The molecule has 0 aliphatic carbocycles. The van der Waals surface area contributed by atoms with Crippen molar-refractivity contribution in [3.8, 4) is 0 Å². The Morgan fingerprint density at radius 2 is 1.55 bits per heavy atom. The molecular weight excluding hydrogens is 879 g/mol. The van der Waals surface area contributed by atoms with Crippen molar-refractivity contribution in [2.45, 2.75) is 198 Å². The SMILES string of the molecule is CC[C@@H]1OC(=O)C[C@H](OC(C)=O)[C@@H](C)[C@@H](O[C@H]2O[C@H](C)[C@@H](O[C@@H]3C[C@@](C)(O)[C@@H](O)[C@H](C)O3)[C@H](N(C)C)[C@H]2O)[C@H](CC=O)C[C@@H](C)C(=O)/C=C\C(C)=C\[C@H]1CO[C@@H]1O[C@H](C)[C@@H](O)[C@H](OC)[C@H]1OC. The molecule has 4 rings (SSSR count). The molecule has 3 fully saturated rings. The van der Waals surface area contributed by atoms with Crippen molar-refractivity contribution in [2.24, 2.45) is 23.7 Å². The lowest BCUT2D eigenvalue weighted by Crippen LogP contribution is -2.65. The third kappa shape index (κ3) is 14.6. The summed E-state index contributed by atoms with van der Waals surface area (Å²) in [5.74, 6) is -4.40. The second-order valence-electron chi connectivity index (χ2n) is 19.3. The number of nitrogens with zero attached hydrogens (tertiary/aromatic N) is 1. The number of likely N-dealkylation sites (N-methyl/N-ethyl adjacent to an activating group) is 1. The van der Waals surface area contributed by atoms with E-state index in [1.807, 2.05) is 13.0 Å². The van der Waals surface area contributed by atoms with E-state index in [1.165, 1.54) is 34.1 Å². The molecular formula is C48H79NO18. The zero-order valence-electron chi connectivity index (χ0n) is 41.6. The van der Waals surface area contributed by atoms with E-state index in [9.17, 15) is 39.6 Å². The van der Waals surface area contributed by atoms with Crippen molar-refractivity contribution in [3.05, 3.63) is 23.8 Å². The van der Waals surface area contributed by atoms with Crippen LogP contribution in [-0.4, -0.2) is 188 Å². The van der Waals surface area contributed by atoms with Crippen LogP contribution in [0.5, 0.6) is 0 Å². The number of ether oxygens (including phenoxy) is 10. The first kappa shape index (κ1) is 56.8. The Morgan fingerprint density at radius 3 is 2.13 bits per heavy atom. The highest BCUT2D eigenvalue weighted by atomic mass is 16.7. The number of rotatable bonds is 14. The third-order valence-corrected chi connectivity index (χ3v) is 13.7. The number of aldehydes is 1. The fourth-order valence-electron chi connectivity index (χ4n) is 9.86. The molecule has 0 unspecified atom stereocenters. The summed E-state index contributed by atoms with van der Waals surface area (Å²) in [5.41, 5.74) is -0.838. The third-order valence-electron chi connectivity index (χ3n) is 13.7. The summed E-state index contributed by atoms with van der Waals surface area (Å²) in [7, 11) is 6.41. The van der Waals surface area contributed by atoms with E-state index in [1.54, 1.807) is 66.6 Å². The van der Waals surface area contributed by atoms with E-state index in [4.69, 9.17) is 47.4 Å². The van der Waals surface area contributed by atoms with Gasteiger partial charge in [0.2, 0.25) is 0 Å². The van der Waals surface area contributed by atoms with Gasteiger partial charge in [-0.15, -0.1) is 0 Å². The minimum atomic E-state index is -1.51. The number of allylic oxidation sites excluding steroid dienone is 3. The predicted octanol–water partition coefficient (Wildman–Crippen LogP) is 2.40. The van der Waals surface area contributed by atoms with Gasteiger partial charge >= 0.3 is 11.9 Å². The number of carbonyl (C=O) groups excluding carboxylic acids is 4. The lowest BCUT2D eigenvalue weighted by molar-refractivity contribution is -0.342. The normalized spacial score (nSPS) is 44.3. The average molecular weight is 958 g/mol. The first-order valence-corrected chi connectivity index (χ1v) is 23.6. The maximum absolute atomic E-state index is 14.1. The Kier molecular flexibility index (Phi) is 21.5. The molecule has 4 aliphatic rings. The number of aliphatic hydroxyl groups excluding tert-OH is 3. The highest BCUT2D eigenvalue weighted by molar-refractivity contribution is 5.91. The molecule has 19 nitrogen and oxygen atoms in total. The highest BCUT2D eigenvalue weighted by Crippen LogP contribution is 2.38. The molecule has 4 aliphatic heterocycles. The number of hydrogen-bond acceptors (Lipinski definition) is 19. The van der Waals surface area contributed by atoms with Crippen LogP contribution in [0.2, 0.25) is 0 Å². The molecule has 0 spiro atoms. The van der Waals surface area contributed by atoms with E-state index >= 15 is 0 Å². The molecule has 0 aromatic rings. The number of carbonyl (C=O) groups is 4. The van der Waals surface area contributed by atoms with Gasteiger partial charge in [0.15, 0.2) is 24.7 Å². The van der Waals surface area contributed by atoms with Gasteiger partial charge in [-0.2, -0.15) is 0 Å².